The fourth-order valence-electron chi connectivity index (χ4n) is 5.35. The van der Waals surface area contributed by atoms with Crippen LogP contribution >= 0.6 is 0 Å². The van der Waals surface area contributed by atoms with E-state index in [4.69, 9.17) is 10.5 Å². The molecule has 40 heavy (non-hydrogen) atoms. The van der Waals surface area contributed by atoms with Gasteiger partial charge in [0.25, 0.3) is 11.8 Å². The standard InChI is InChI=1S/C29H30F2N4O5/c1-17-9-10-29(39,16-32)23-14-34(17)28(38)24-26(40-15-18-5-3-2-4-6-18)25(36)21(13-35(23)24)27(37)33-12-19-7-8-20(30)11-22(19)31/h2-8,11,13,17,23,39H,9-10,12,14-16,32H2,1H3,(H,33,37)/t17-,23+,29?/m0/s1. The topological polar surface area (TPSA) is 127 Å². The molecule has 2 bridgehead atoms. The molecule has 9 nitrogen and oxygen atoms in total. The maximum absolute atomic E-state index is 14.2. The largest absolute Gasteiger partial charge is 0.483 e. The summed E-state index contributed by atoms with van der Waals surface area (Å²) in [4.78, 5) is 42.3. The van der Waals surface area contributed by atoms with E-state index in [1.54, 1.807) is 29.2 Å². The van der Waals surface area contributed by atoms with Crippen LogP contribution in [-0.2, 0) is 13.2 Å². The first-order valence-electron chi connectivity index (χ1n) is 13.0. The number of ether oxygens (including phenoxy) is 1. The van der Waals surface area contributed by atoms with E-state index < -0.39 is 40.5 Å². The molecule has 0 saturated carbocycles. The van der Waals surface area contributed by atoms with E-state index in [1.165, 1.54) is 16.8 Å². The second-order valence-corrected chi connectivity index (χ2v) is 10.3. The number of fused-ring (bicyclic) bond motifs is 4. The predicted molar refractivity (Wildman–Crippen MR) is 142 cm³/mol. The van der Waals surface area contributed by atoms with Gasteiger partial charge in [0.1, 0.15) is 23.8 Å². The van der Waals surface area contributed by atoms with Crippen molar-refractivity contribution in [1.82, 2.24) is 14.8 Å². The van der Waals surface area contributed by atoms with Crippen LogP contribution < -0.4 is 21.2 Å². The highest BCUT2D eigenvalue weighted by Gasteiger charge is 2.48. The Morgan fingerprint density at radius 3 is 2.65 bits per heavy atom. The third-order valence-corrected chi connectivity index (χ3v) is 7.79. The Hall–Kier alpha value is -4.09. The Bertz CT molecular complexity index is 1510. The Morgan fingerprint density at radius 2 is 1.95 bits per heavy atom. The van der Waals surface area contributed by atoms with Crippen LogP contribution in [0.1, 0.15) is 57.8 Å². The van der Waals surface area contributed by atoms with Gasteiger partial charge in [0.15, 0.2) is 11.4 Å². The summed E-state index contributed by atoms with van der Waals surface area (Å²) in [6.07, 6.45) is 2.03. The summed E-state index contributed by atoms with van der Waals surface area (Å²) in [5.74, 6) is -3.23. The molecule has 11 heteroatoms. The van der Waals surface area contributed by atoms with E-state index >= 15 is 0 Å². The molecule has 4 N–H and O–H groups in total. The molecule has 2 aromatic carbocycles. The van der Waals surface area contributed by atoms with Crippen LogP contribution in [-0.4, -0.2) is 51.1 Å². The number of amides is 2. The molecule has 3 aromatic rings. The quantitative estimate of drug-likeness (QED) is 0.414. The predicted octanol–water partition coefficient (Wildman–Crippen LogP) is 2.50. The van der Waals surface area contributed by atoms with Crippen LogP contribution in [0.3, 0.4) is 0 Å². The average molecular weight is 553 g/mol. The number of nitrogens with two attached hydrogens (primary N) is 1. The second kappa shape index (κ2) is 10.8. The fourth-order valence-corrected chi connectivity index (χ4v) is 5.35. The first-order valence-corrected chi connectivity index (χ1v) is 13.0. The Balaban J connectivity index is 1.60. The molecule has 5 rings (SSSR count). The highest BCUT2D eigenvalue weighted by Crippen LogP contribution is 2.39. The minimum absolute atomic E-state index is 0.0226. The molecular formula is C29H30F2N4O5. The SMILES string of the molecule is C[C@H]1CCC(O)(CN)[C@H]2CN1C(=O)c1c(OCc3ccccc3)c(=O)c(C(=O)NCc3ccc(F)cc3F)cn12. The van der Waals surface area contributed by atoms with Crippen LogP contribution in [0.2, 0.25) is 0 Å². The molecule has 3 heterocycles. The minimum atomic E-state index is -1.42. The molecule has 1 saturated heterocycles. The van der Waals surface area contributed by atoms with Crippen molar-refractivity contribution in [3.05, 3.63) is 99.0 Å². The van der Waals surface area contributed by atoms with Gasteiger partial charge < -0.3 is 30.4 Å². The first kappa shape index (κ1) is 27.5. The van der Waals surface area contributed by atoms with Crippen molar-refractivity contribution in [2.75, 3.05) is 13.1 Å². The van der Waals surface area contributed by atoms with E-state index in [-0.39, 0.29) is 54.9 Å². The number of nitrogens with one attached hydrogen (secondary N) is 1. The molecule has 210 valence electrons. The summed E-state index contributed by atoms with van der Waals surface area (Å²) in [5, 5.41) is 14.0. The highest BCUT2D eigenvalue weighted by molar-refractivity contribution is 5.99. The maximum atomic E-state index is 14.2. The smallest absolute Gasteiger partial charge is 0.274 e. The number of aromatic nitrogens is 1. The molecule has 3 atom stereocenters. The number of hydrogen-bond donors (Lipinski definition) is 3. The lowest BCUT2D eigenvalue weighted by Gasteiger charge is -2.42. The summed E-state index contributed by atoms with van der Waals surface area (Å²) < 4.78 is 34.8. The number of carbonyl (C=O) groups excluding carboxylic acids is 2. The minimum Gasteiger partial charge on any atom is -0.483 e. The van der Waals surface area contributed by atoms with Crippen molar-refractivity contribution in [1.29, 1.82) is 0 Å². The molecule has 0 radical (unpaired) electrons. The van der Waals surface area contributed by atoms with Gasteiger partial charge in [0.05, 0.1) is 11.6 Å². The number of pyridine rings is 1. The molecule has 1 aromatic heterocycles. The van der Waals surface area contributed by atoms with E-state index in [0.717, 1.165) is 11.6 Å². The molecule has 0 spiro atoms. The molecule has 2 amide bonds. The van der Waals surface area contributed by atoms with Gasteiger partial charge >= 0.3 is 0 Å². The second-order valence-electron chi connectivity index (χ2n) is 10.3. The van der Waals surface area contributed by atoms with Crippen molar-refractivity contribution in [2.45, 2.75) is 50.6 Å². The summed E-state index contributed by atoms with van der Waals surface area (Å²) in [6.45, 7) is 1.52. The lowest BCUT2D eigenvalue weighted by Crippen LogP contribution is -2.54. The number of aliphatic hydroxyl groups is 1. The van der Waals surface area contributed by atoms with Gasteiger partial charge in [-0.3, -0.25) is 14.4 Å². The van der Waals surface area contributed by atoms with Crippen molar-refractivity contribution in [2.24, 2.45) is 5.73 Å². The van der Waals surface area contributed by atoms with E-state index in [1.807, 2.05) is 13.0 Å². The van der Waals surface area contributed by atoms with E-state index in [2.05, 4.69) is 5.32 Å². The van der Waals surface area contributed by atoms with Crippen LogP contribution in [0.5, 0.6) is 5.75 Å². The number of benzene rings is 2. The number of carbonyl (C=O) groups is 2. The molecule has 0 aliphatic carbocycles. The molecule has 2 aliphatic heterocycles. The average Bonchev–Trinajstić information content (AvgIpc) is 3.06. The highest BCUT2D eigenvalue weighted by atomic mass is 19.1. The van der Waals surface area contributed by atoms with Gasteiger partial charge in [-0.25, -0.2) is 8.78 Å². The summed E-state index contributed by atoms with van der Waals surface area (Å²) in [6, 6.07) is 11.0. The third-order valence-electron chi connectivity index (χ3n) is 7.79. The molecular weight excluding hydrogens is 522 g/mol. The maximum Gasteiger partial charge on any atom is 0.274 e. The van der Waals surface area contributed by atoms with Crippen molar-refractivity contribution in [3.8, 4) is 5.75 Å². The lowest BCUT2D eigenvalue weighted by molar-refractivity contribution is -0.0167. The third kappa shape index (κ3) is 4.98. The first-order chi connectivity index (χ1) is 19.1. The number of hydrogen-bond acceptors (Lipinski definition) is 6. The monoisotopic (exact) mass is 552 g/mol. The fraction of sp³-hybridized carbons (Fsp3) is 0.345. The van der Waals surface area contributed by atoms with Crippen molar-refractivity contribution < 1.29 is 28.2 Å². The molecule has 1 fully saturated rings. The number of rotatable bonds is 7. The molecule has 2 aliphatic rings. The Kier molecular flexibility index (Phi) is 7.43. The zero-order valence-corrected chi connectivity index (χ0v) is 21.9. The van der Waals surface area contributed by atoms with Gasteiger partial charge in [0.2, 0.25) is 5.43 Å². The number of nitrogens with zero attached hydrogens (tertiary/aromatic N) is 2. The Labute approximate surface area is 229 Å². The van der Waals surface area contributed by atoms with Gasteiger partial charge in [-0.1, -0.05) is 36.4 Å². The van der Waals surface area contributed by atoms with Gasteiger partial charge in [-0.05, 0) is 31.4 Å². The van der Waals surface area contributed by atoms with Gasteiger partial charge in [-0.15, -0.1) is 0 Å². The summed E-state index contributed by atoms with van der Waals surface area (Å²) in [5.41, 5.74) is 4.10. The van der Waals surface area contributed by atoms with Crippen LogP contribution in [0, 0.1) is 11.6 Å². The summed E-state index contributed by atoms with van der Waals surface area (Å²) in [7, 11) is 0. The van der Waals surface area contributed by atoms with E-state index in [0.29, 0.717) is 18.9 Å². The Morgan fingerprint density at radius 1 is 1.20 bits per heavy atom. The van der Waals surface area contributed by atoms with E-state index in [9.17, 15) is 28.3 Å². The van der Waals surface area contributed by atoms with Gasteiger partial charge in [0, 0.05) is 43.5 Å². The van der Waals surface area contributed by atoms with Crippen molar-refractivity contribution >= 4 is 11.8 Å². The van der Waals surface area contributed by atoms with Crippen LogP contribution in [0.4, 0.5) is 8.78 Å². The van der Waals surface area contributed by atoms with Crippen molar-refractivity contribution in [3.63, 3.8) is 0 Å². The van der Waals surface area contributed by atoms with Gasteiger partial charge in [-0.2, -0.15) is 0 Å². The van der Waals surface area contributed by atoms with Crippen LogP contribution in [0.15, 0.2) is 59.5 Å². The normalized spacial score (nSPS) is 21.9. The lowest BCUT2D eigenvalue weighted by atomic mass is 9.88. The molecule has 1 unspecified atom stereocenters. The van der Waals surface area contributed by atoms with Crippen LogP contribution in [0.25, 0.3) is 0 Å². The zero-order chi connectivity index (χ0) is 28.6. The summed E-state index contributed by atoms with van der Waals surface area (Å²) >= 11 is 0. The zero-order valence-electron chi connectivity index (χ0n) is 21.9. The number of halogens is 2.